The molecule has 0 fully saturated rings. The Morgan fingerprint density at radius 2 is 1.70 bits per heavy atom. The summed E-state index contributed by atoms with van der Waals surface area (Å²) in [5.41, 5.74) is 1.57. The summed E-state index contributed by atoms with van der Waals surface area (Å²) in [5.74, 6) is -1.31. The van der Waals surface area contributed by atoms with E-state index in [2.05, 4.69) is 15.3 Å². The Labute approximate surface area is 130 Å². The Morgan fingerprint density at radius 3 is 2.39 bits per heavy atom. The lowest BCUT2D eigenvalue weighted by Crippen LogP contribution is -2.14. The Hall–Kier alpha value is -3.15. The fraction of sp³-hybridized carbons (Fsp3) is 0. The Morgan fingerprint density at radius 1 is 0.957 bits per heavy atom. The van der Waals surface area contributed by atoms with Gasteiger partial charge in [0.05, 0.1) is 6.20 Å². The second-order valence-electron chi connectivity index (χ2n) is 4.74. The summed E-state index contributed by atoms with van der Waals surface area (Å²) in [7, 11) is 0. The monoisotopic (exact) mass is 311 g/mol. The topological polar surface area (TPSA) is 54.9 Å². The molecular formula is C17H11F2N3O. The third-order valence-electron chi connectivity index (χ3n) is 3.18. The van der Waals surface area contributed by atoms with Crippen LogP contribution in [0.2, 0.25) is 0 Å². The van der Waals surface area contributed by atoms with Crippen LogP contribution in [-0.4, -0.2) is 15.9 Å². The molecule has 0 spiro atoms. The molecule has 3 rings (SSSR count). The number of hydrogen-bond acceptors (Lipinski definition) is 3. The van der Waals surface area contributed by atoms with Crippen molar-refractivity contribution in [3.63, 3.8) is 0 Å². The maximum absolute atomic E-state index is 13.6. The van der Waals surface area contributed by atoms with Crippen LogP contribution >= 0.6 is 0 Å². The van der Waals surface area contributed by atoms with Crippen molar-refractivity contribution in [3.8, 4) is 11.1 Å². The standard InChI is InChI=1S/C17H11F2N3O/c18-12-3-1-11(2-4-12)14-9-13(19)5-6-15(14)22-17(23)16-10-20-7-8-21-16/h1-10H,(H,22,23). The van der Waals surface area contributed by atoms with Gasteiger partial charge in [0.15, 0.2) is 0 Å². The number of halogens is 2. The molecule has 0 atom stereocenters. The van der Waals surface area contributed by atoms with Gasteiger partial charge in [-0.15, -0.1) is 0 Å². The van der Waals surface area contributed by atoms with Gasteiger partial charge in [0.1, 0.15) is 17.3 Å². The maximum atomic E-state index is 13.6. The highest BCUT2D eigenvalue weighted by Crippen LogP contribution is 2.29. The molecule has 1 amide bonds. The maximum Gasteiger partial charge on any atom is 0.275 e. The van der Waals surface area contributed by atoms with Gasteiger partial charge in [0.25, 0.3) is 5.91 Å². The number of amides is 1. The highest BCUT2D eigenvalue weighted by Gasteiger charge is 2.12. The van der Waals surface area contributed by atoms with E-state index in [1.165, 1.54) is 61.1 Å². The van der Waals surface area contributed by atoms with E-state index in [0.29, 0.717) is 16.8 Å². The Balaban J connectivity index is 1.96. The van der Waals surface area contributed by atoms with Crippen molar-refractivity contribution in [2.75, 3.05) is 5.32 Å². The van der Waals surface area contributed by atoms with E-state index >= 15 is 0 Å². The molecule has 0 saturated carbocycles. The van der Waals surface area contributed by atoms with Crippen LogP contribution in [0.1, 0.15) is 10.5 Å². The van der Waals surface area contributed by atoms with Crippen molar-refractivity contribution in [2.24, 2.45) is 0 Å². The van der Waals surface area contributed by atoms with Crippen LogP contribution in [0.3, 0.4) is 0 Å². The lowest BCUT2D eigenvalue weighted by atomic mass is 10.0. The molecule has 0 aliphatic heterocycles. The second-order valence-corrected chi connectivity index (χ2v) is 4.74. The van der Waals surface area contributed by atoms with Crippen molar-refractivity contribution >= 4 is 11.6 Å². The number of hydrogen-bond donors (Lipinski definition) is 1. The molecule has 23 heavy (non-hydrogen) atoms. The summed E-state index contributed by atoms with van der Waals surface area (Å²) in [6, 6.07) is 9.54. The van der Waals surface area contributed by atoms with Crippen LogP contribution < -0.4 is 5.32 Å². The predicted molar refractivity (Wildman–Crippen MR) is 81.8 cm³/mol. The Kier molecular flexibility index (Phi) is 4.05. The van der Waals surface area contributed by atoms with Crippen LogP contribution in [0.15, 0.2) is 61.1 Å². The Bertz CT molecular complexity index is 836. The van der Waals surface area contributed by atoms with E-state index in [-0.39, 0.29) is 5.69 Å². The molecule has 0 bridgehead atoms. The number of aromatic nitrogens is 2. The third kappa shape index (κ3) is 3.37. The zero-order valence-electron chi connectivity index (χ0n) is 11.8. The van der Waals surface area contributed by atoms with Gasteiger partial charge in [0.2, 0.25) is 0 Å². The summed E-state index contributed by atoms with van der Waals surface area (Å²) in [5, 5.41) is 2.67. The summed E-state index contributed by atoms with van der Waals surface area (Å²) in [6.45, 7) is 0. The molecule has 2 aromatic carbocycles. The van der Waals surface area contributed by atoms with Gasteiger partial charge in [-0.1, -0.05) is 12.1 Å². The number of anilines is 1. The van der Waals surface area contributed by atoms with E-state index in [9.17, 15) is 13.6 Å². The molecule has 1 N–H and O–H groups in total. The number of carbonyl (C=O) groups excluding carboxylic acids is 1. The van der Waals surface area contributed by atoms with Gasteiger partial charge < -0.3 is 5.32 Å². The van der Waals surface area contributed by atoms with Crippen LogP contribution in [0.5, 0.6) is 0 Å². The highest BCUT2D eigenvalue weighted by molar-refractivity contribution is 6.04. The quantitative estimate of drug-likeness (QED) is 0.803. The fourth-order valence-electron chi connectivity index (χ4n) is 2.10. The molecule has 6 heteroatoms. The first-order valence-electron chi connectivity index (χ1n) is 6.76. The SMILES string of the molecule is O=C(Nc1ccc(F)cc1-c1ccc(F)cc1)c1cnccn1. The lowest BCUT2D eigenvalue weighted by molar-refractivity contribution is 0.102. The van der Waals surface area contributed by atoms with E-state index in [1.807, 2.05) is 0 Å². The minimum absolute atomic E-state index is 0.141. The summed E-state index contributed by atoms with van der Waals surface area (Å²) in [6.07, 6.45) is 4.19. The van der Waals surface area contributed by atoms with Gasteiger partial charge in [-0.3, -0.25) is 9.78 Å². The van der Waals surface area contributed by atoms with E-state index < -0.39 is 17.5 Å². The third-order valence-corrected chi connectivity index (χ3v) is 3.18. The van der Waals surface area contributed by atoms with Crippen LogP contribution in [0, 0.1) is 11.6 Å². The average molecular weight is 311 g/mol. The van der Waals surface area contributed by atoms with E-state index in [0.717, 1.165) is 0 Å². The van der Waals surface area contributed by atoms with Gasteiger partial charge in [0, 0.05) is 23.6 Å². The molecule has 0 radical (unpaired) electrons. The zero-order chi connectivity index (χ0) is 16.2. The summed E-state index contributed by atoms with van der Waals surface area (Å²) in [4.78, 5) is 19.9. The average Bonchev–Trinajstić information content (AvgIpc) is 2.58. The van der Waals surface area contributed by atoms with Crippen LogP contribution in [-0.2, 0) is 0 Å². The molecule has 1 heterocycles. The van der Waals surface area contributed by atoms with Crippen LogP contribution in [0.4, 0.5) is 14.5 Å². The molecule has 0 aliphatic rings. The van der Waals surface area contributed by atoms with Gasteiger partial charge in [-0.05, 0) is 35.9 Å². The lowest BCUT2D eigenvalue weighted by Gasteiger charge is -2.11. The molecule has 1 aromatic heterocycles. The first-order valence-corrected chi connectivity index (χ1v) is 6.76. The number of nitrogens with one attached hydrogen (secondary N) is 1. The zero-order valence-corrected chi connectivity index (χ0v) is 11.8. The van der Waals surface area contributed by atoms with Crippen molar-refractivity contribution < 1.29 is 13.6 Å². The predicted octanol–water partition coefficient (Wildman–Crippen LogP) is 3.67. The summed E-state index contributed by atoms with van der Waals surface area (Å²) < 4.78 is 26.6. The molecule has 0 saturated heterocycles. The first-order chi connectivity index (χ1) is 11.1. The van der Waals surface area contributed by atoms with Crippen molar-refractivity contribution in [1.82, 2.24) is 9.97 Å². The minimum atomic E-state index is -0.465. The van der Waals surface area contributed by atoms with Gasteiger partial charge in [-0.25, -0.2) is 13.8 Å². The molecule has 114 valence electrons. The van der Waals surface area contributed by atoms with Crippen molar-refractivity contribution in [3.05, 3.63) is 78.4 Å². The van der Waals surface area contributed by atoms with Crippen molar-refractivity contribution in [2.45, 2.75) is 0 Å². The fourth-order valence-corrected chi connectivity index (χ4v) is 2.10. The smallest absolute Gasteiger partial charge is 0.275 e. The van der Waals surface area contributed by atoms with Crippen molar-refractivity contribution in [1.29, 1.82) is 0 Å². The molecule has 4 nitrogen and oxygen atoms in total. The summed E-state index contributed by atoms with van der Waals surface area (Å²) >= 11 is 0. The molecular weight excluding hydrogens is 300 g/mol. The van der Waals surface area contributed by atoms with E-state index in [4.69, 9.17) is 0 Å². The molecule has 0 unspecified atom stereocenters. The number of carbonyl (C=O) groups is 1. The van der Waals surface area contributed by atoms with Crippen LogP contribution in [0.25, 0.3) is 11.1 Å². The van der Waals surface area contributed by atoms with Gasteiger partial charge in [-0.2, -0.15) is 0 Å². The normalized spacial score (nSPS) is 10.3. The van der Waals surface area contributed by atoms with E-state index in [1.54, 1.807) is 0 Å². The molecule has 3 aromatic rings. The second kappa shape index (κ2) is 6.31. The number of nitrogens with zero attached hydrogens (tertiary/aromatic N) is 2. The van der Waals surface area contributed by atoms with Gasteiger partial charge >= 0.3 is 0 Å². The first kappa shape index (κ1) is 14.8. The minimum Gasteiger partial charge on any atom is -0.320 e. The number of benzene rings is 2. The number of rotatable bonds is 3. The highest BCUT2D eigenvalue weighted by atomic mass is 19.1. The molecule has 0 aliphatic carbocycles. The largest absolute Gasteiger partial charge is 0.320 e.